The molecule has 1 heterocycles. The lowest BCUT2D eigenvalue weighted by Crippen LogP contribution is -2.27. The monoisotopic (exact) mass is 259 g/mol. The van der Waals surface area contributed by atoms with Crippen LogP contribution in [0.3, 0.4) is 0 Å². The van der Waals surface area contributed by atoms with Gasteiger partial charge in [0.25, 0.3) is 0 Å². The van der Waals surface area contributed by atoms with Gasteiger partial charge < -0.3 is 9.47 Å². The molecule has 1 rings (SSSR count). The Morgan fingerprint density at radius 3 is 2.43 bits per heavy atom. The molecule has 1 fully saturated rings. The Morgan fingerprint density at radius 1 is 1.43 bits per heavy atom. The number of nitrogens with zero attached hydrogens (tertiary/aromatic N) is 1. The molecule has 0 aromatic heterocycles. The average molecular weight is 260 g/mol. The highest BCUT2D eigenvalue weighted by Crippen LogP contribution is 2.28. The van der Waals surface area contributed by atoms with Gasteiger partial charge in [-0.3, -0.25) is 4.99 Å². The van der Waals surface area contributed by atoms with Crippen molar-refractivity contribution in [2.75, 3.05) is 13.2 Å². The molecule has 1 aliphatic rings. The average Bonchev–Trinajstić information content (AvgIpc) is 2.53. The molecule has 1 saturated heterocycles. The minimum absolute atomic E-state index is 0.598. The maximum Gasteiger partial charge on any atom is 0.209 e. The highest BCUT2D eigenvalue weighted by molar-refractivity contribution is 9.11. The SMILES string of the molecule is C=N/C(=C\C=C(/C)Br)C1(C)OCCO1. The molecule has 0 aliphatic carbocycles. The summed E-state index contributed by atoms with van der Waals surface area (Å²) in [5.74, 6) is -0.735. The zero-order chi connectivity index (χ0) is 10.6. The van der Waals surface area contributed by atoms with Crippen LogP contribution >= 0.6 is 15.9 Å². The first-order valence-electron chi connectivity index (χ1n) is 4.38. The maximum absolute atomic E-state index is 5.46. The first kappa shape index (κ1) is 11.6. The van der Waals surface area contributed by atoms with E-state index in [0.29, 0.717) is 18.9 Å². The number of aliphatic imine (C=N–C) groups is 1. The molecule has 0 saturated carbocycles. The highest BCUT2D eigenvalue weighted by Gasteiger charge is 2.34. The summed E-state index contributed by atoms with van der Waals surface area (Å²) in [6.45, 7) is 8.49. The predicted octanol–water partition coefficient (Wildman–Crippen LogP) is 2.63. The summed E-state index contributed by atoms with van der Waals surface area (Å²) < 4.78 is 11.9. The van der Waals surface area contributed by atoms with Gasteiger partial charge in [-0.1, -0.05) is 22.0 Å². The Morgan fingerprint density at radius 2 is 2.00 bits per heavy atom. The van der Waals surface area contributed by atoms with E-state index in [1.807, 2.05) is 26.0 Å². The van der Waals surface area contributed by atoms with Gasteiger partial charge in [-0.05, 0) is 31.1 Å². The molecular weight excluding hydrogens is 246 g/mol. The van der Waals surface area contributed by atoms with Crippen LogP contribution in [0.2, 0.25) is 0 Å². The third kappa shape index (κ3) is 2.77. The molecular formula is C10H14BrNO2. The summed E-state index contributed by atoms with van der Waals surface area (Å²) in [6, 6.07) is 0. The summed E-state index contributed by atoms with van der Waals surface area (Å²) in [5.41, 5.74) is 0.689. The first-order valence-corrected chi connectivity index (χ1v) is 5.17. The van der Waals surface area contributed by atoms with Gasteiger partial charge in [0.15, 0.2) is 0 Å². The molecule has 14 heavy (non-hydrogen) atoms. The van der Waals surface area contributed by atoms with Crippen LogP contribution < -0.4 is 0 Å². The molecule has 0 bridgehead atoms. The first-order chi connectivity index (χ1) is 6.58. The zero-order valence-corrected chi connectivity index (χ0v) is 10.0. The molecule has 0 N–H and O–H groups in total. The lowest BCUT2D eigenvalue weighted by molar-refractivity contribution is -0.110. The second-order valence-corrected chi connectivity index (χ2v) is 4.36. The minimum Gasteiger partial charge on any atom is -0.342 e. The van der Waals surface area contributed by atoms with Crippen LogP contribution in [0.1, 0.15) is 13.8 Å². The van der Waals surface area contributed by atoms with Crippen LogP contribution in [0, 0.1) is 0 Å². The highest BCUT2D eigenvalue weighted by atomic mass is 79.9. The molecule has 3 nitrogen and oxygen atoms in total. The van der Waals surface area contributed by atoms with E-state index in [1.54, 1.807) is 0 Å². The zero-order valence-electron chi connectivity index (χ0n) is 8.42. The molecule has 0 spiro atoms. The number of hydrogen-bond acceptors (Lipinski definition) is 3. The number of ether oxygens (including phenoxy) is 2. The van der Waals surface area contributed by atoms with Crippen molar-refractivity contribution in [1.82, 2.24) is 0 Å². The summed E-state index contributed by atoms with van der Waals surface area (Å²) >= 11 is 3.33. The van der Waals surface area contributed by atoms with Crippen molar-refractivity contribution in [2.24, 2.45) is 4.99 Å². The summed E-state index contributed by atoms with van der Waals surface area (Å²) in [6.07, 6.45) is 3.72. The number of halogens is 1. The second kappa shape index (κ2) is 4.87. The van der Waals surface area contributed by atoms with Crippen molar-refractivity contribution in [3.8, 4) is 0 Å². The number of rotatable bonds is 3. The molecule has 1 aliphatic heterocycles. The lowest BCUT2D eigenvalue weighted by atomic mass is 10.2. The van der Waals surface area contributed by atoms with Crippen LogP contribution in [0.4, 0.5) is 0 Å². The molecule has 4 heteroatoms. The van der Waals surface area contributed by atoms with Crippen molar-refractivity contribution < 1.29 is 9.47 Å². The predicted molar refractivity (Wildman–Crippen MR) is 60.6 cm³/mol. The molecule has 0 aromatic rings. The topological polar surface area (TPSA) is 30.8 Å². The van der Waals surface area contributed by atoms with Crippen LogP contribution in [-0.4, -0.2) is 25.7 Å². The normalized spacial score (nSPS) is 22.5. The fourth-order valence-electron chi connectivity index (χ4n) is 1.20. The Kier molecular flexibility index (Phi) is 4.04. The summed E-state index contributed by atoms with van der Waals surface area (Å²) in [4.78, 5) is 3.91. The van der Waals surface area contributed by atoms with Gasteiger partial charge in [0.2, 0.25) is 5.79 Å². The van der Waals surface area contributed by atoms with Crippen molar-refractivity contribution in [2.45, 2.75) is 19.6 Å². The van der Waals surface area contributed by atoms with Gasteiger partial charge in [-0.2, -0.15) is 0 Å². The summed E-state index contributed by atoms with van der Waals surface area (Å²) in [5, 5.41) is 0. The van der Waals surface area contributed by atoms with Crippen molar-refractivity contribution in [3.05, 3.63) is 22.3 Å². The van der Waals surface area contributed by atoms with Crippen molar-refractivity contribution in [1.29, 1.82) is 0 Å². The van der Waals surface area contributed by atoms with Gasteiger partial charge in [0.1, 0.15) is 0 Å². The van der Waals surface area contributed by atoms with Crippen LogP contribution in [0.5, 0.6) is 0 Å². The fourth-order valence-corrected chi connectivity index (χ4v) is 1.34. The molecule has 78 valence electrons. The third-order valence-corrected chi connectivity index (χ3v) is 2.21. The smallest absolute Gasteiger partial charge is 0.209 e. The Bertz CT molecular complexity index is 274. The molecule has 0 radical (unpaired) electrons. The quantitative estimate of drug-likeness (QED) is 0.577. The molecule has 0 aromatic carbocycles. The minimum atomic E-state index is -0.735. The van der Waals surface area contributed by atoms with Gasteiger partial charge in [-0.15, -0.1) is 0 Å². The Balaban J connectivity index is 2.85. The van der Waals surface area contributed by atoms with Crippen LogP contribution in [0.15, 0.2) is 27.3 Å². The largest absolute Gasteiger partial charge is 0.342 e. The summed E-state index contributed by atoms with van der Waals surface area (Å²) in [7, 11) is 0. The van der Waals surface area contributed by atoms with E-state index in [-0.39, 0.29) is 0 Å². The van der Waals surface area contributed by atoms with Crippen LogP contribution in [0.25, 0.3) is 0 Å². The fraction of sp³-hybridized carbons (Fsp3) is 0.500. The molecule has 0 amide bonds. The van der Waals surface area contributed by atoms with E-state index in [0.717, 1.165) is 4.48 Å². The maximum atomic E-state index is 5.46. The second-order valence-electron chi connectivity index (χ2n) is 3.11. The van der Waals surface area contributed by atoms with Crippen LogP contribution in [-0.2, 0) is 9.47 Å². The third-order valence-electron chi connectivity index (χ3n) is 1.94. The molecule has 0 unspecified atom stereocenters. The molecule has 0 atom stereocenters. The van der Waals surface area contributed by atoms with Crippen molar-refractivity contribution in [3.63, 3.8) is 0 Å². The number of allylic oxidation sites excluding steroid dienone is 3. The number of hydrogen-bond donors (Lipinski definition) is 0. The van der Waals surface area contributed by atoms with E-state index in [4.69, 9.17) is 9.47 Å². The Hall–Kier alpha value is -0.450. The van der Waals surface area contributed by atoms with E-state index in [2.05, 4.69) is 27.6 Å². The Labute approximate surface area is 92.6 Å². The van der Waals surface area contributed by atoms with E-state index in [9.17, 15) is 0 Å². The van der Waals surface area contributed by atoms with E-state index >= 15 is 0 Å². The standard InChI is InChI=1S/C10H14BrNO2/c1-8(11)4-5-9(12-3)10(2)13-6-7-14-10/h4-5H,3,6-7H2,1-2H3/b8-4+,9-5-. The van der Waals surface area contributed by atoms with E-state index in [1.165, 1.54) is 0 Å². The van der Waals surface area contributed by atoms with Crippen molar-refractivity contribution >= 4 is 22.6 Å². The van der Waals surface area contributed by atoms with Gasteiger partial charge >= 0.3 is 0 Å². The van der Waals surface area contributed by atoms with Gasteiger partial charge in [0.05, 0.1) is 18.9 Å². The van der Waals surface area contributed by atoms with E-state index < -0.39 is 5.79 Å². The van der Waals surface area contributed by atoms with Gasteiger partial charge in [0, 0.05) is 0 Å². The lowest BCUT2D eigenvalue weighted by Gasteiger charge is -2.22. The van der Waals surface area contributed by atoms with Gasteiger partial charge in [-0.25, -0.2) is 0 Å².